The number of aryl methyl sites for hydroxylation is 2. The molecule has 0 aliphatic rings. The second-order valence-electron chi connectivity index (χ2n) is 4.05. The van der Waals surface area contributed by atoms with Crippen LogP contribution >= 0.6 is 0 Å². The SMILES string of the molecule is CCc1cc(C(=O)NCC(C)CN)n(C)n1. The molecule has 0 spiro atoms. The summed E-state index contributed by atoms with van der Waals surface area (Å²) in [6.07, 6.45) is 0.834. The standard InChI is InChI=1S/C11H20N4O/c1-4-9-5-10(15(3)14-9)11(16)13-7-8(2)6-12/h5,8H,4,6-7,12H2,1-3H3,(H,13,16). The monoisotopic (exact) mass is 224 g/mol. The maximum atomic E-state index is 11.8. The predicted octanol–water partition coefficient (Wildman–Crippen LogP) is 0.307. The van der Waals surface area contributed by atoms with Crippen molar-refractivity contribution in [2.45, 2.75) is 20.3 Å². The van der Waals surface area contributed by atoms with Crippen LogP contribution in [0.15, 0.2) is 6.07 Å². The summed E-state index contributed by atoms with van der Waals surface area (Å²) in [5, 5.41) is 7.08. The molecule has 1 rings (SSSR count). The number of hydrogen-bond donors (Lipinski definition) is 2. The van der Waals surface area contributed by atoms with Gasteiger partial charge in [-0.15, -0.1) is 0 Å². The average Bonchev–Trinajstić information content (AvgIpc) is 2.67. The van der Waals surface area contributed by atoms with Gasteiger partial charge in [0.15, 0.2) is 0 Å². The van der Waals surface area contributed by atoms with Crippen molar-refractivity contribution in [1.29, 1.82) is 0 Å². The van der Waals surface area contributed by atoms with Crippen LogP contribution in [0.1, 0.15) is 30.0 Å². The molecule has 0 saturated heterocycles. The maximum Gasteiger partial charge on any atom is 0.269 e. The zero-order chi connectivity index (χ0) is 12.1. The van der Waals surface area contributed by atoms with Crippen molar-refractivity contribution in [2.24, 2.45) is 18.7 Å². The minimum absolute atomic E-state index is 0.0880. The molecular formula is C11H20N4O. The molecule has 0 aliphatic heterocycles. The van der Waals surface area contributed by atoms with Gasteiger partial charge < -0.3 is 11.1 Å². The van der Waals surface area contributed by atoms with E-state index < -0.39 is 0 Å². The van der Waals surface area contributed by atoms with Crippen molar-refractivity contribution in [1.82, 2.24) is 15.1 Å². The molecule has 0 saturated carbocycles. The summed E-state index contributed by atoms with van der Waals surface area (Å²) >= 11 is 0. The fourth-order valence-electron chi connectivity index (χ4n) is 1.35. The van der Waals surface area contributed by atoms with Gasteiger partial charge in [-0.05, 0) is 24.9 Å². The first-order valence-electron chi connectivity index (χ1n) is 5.59. The van der Waals surface area contributed by atoms with Gasteiger partial charge in [0.25, 0.3) is 5.91 Å². The van der Waals surface area contributed by atoms with Gasteiger partial charge >= 0.3 is 0 Å². The minimum atomic E-state index is -0.0880. The lowest BCUT2D eigenvalue weighted by atomic mass is 10.2. The topological polar surface area (TPSA) is 72.9 Å². The van der Waals surface area contributed by atoms with Crippen LogP contribution in [0.5, 0.6) is 0 Å². The van der Waals surface area contributed by atoms with Gasteiger partial charge in [-0.3, -0.25) is 9.48 Å². The molecule has 5 heteroatoms. The Labute approximate surface area is 96.0 Å². The zero-order valence-electron chi connectivity index (χ0n) is 10.2. The molecule has 1 heterocycles. The van der Waals surface area contributed by atoms with E-state index in [1.165, 1.54) is 0 Å². The van der Waals surface area contributed by atoms with Gasteiger partial charge in [0.1, 0.15) is 5.69 Å². The molecule has 3 N–H and O–H groups in total. The highest BCUT2D eigenvalue weighted by atomic mass is 16.2. The quantitative estimate of drug-likeness (QED) is 0.756. The van der Waals surface area contributed by atoms with E-state index in [2.05, 4.69) is 10.4 Å². The highest BCUT2D eigenvalue weighted by Gasteiger charge is 2.12. The van der Waals surface area contributed by atoms with E-state index >= 15 is 0 Å². The van der Waals surface area contributed by atoms with Crippen LogP contribution < -0.4 is 11.1 Å². The normalized spacial score (nSPS) is 12.5. The summed E-state index contributed by atoms with van der Waals surface area (Å²) in [7, 11) is 1.78. The van der Waals surface area contributed by atoms with Crippen LogP contribution in [-0.2, 0) is 13.5 Å². The van der Waals surface area contributed by atoms with E-state index in [0.717, 1.165) is 12.1 Å². The van der Waals surface area contributed by atoms with Crippen molar-refractivity contribution in [3.05, 3.63) is 17.5 Å². The molecule has 1 unspecified atom stereocenters. The average molecular weight is 224 g/mol. The lowest BCUT2D eigenvalue weighted by Crippen LogP contribution is -2.32. The third-order valence-electron chi connectivity index (χ3n) is 2.54. The summed E-state index contributed by atoms with van der Waals surface area (Å²) in [6.45, 7) is 5.19. The molecule has 1 aromatic rings. The molecule has 0 aliphatic carbocycles. The van der Waals surface area contributed by atoms with Crippen molar-refractivity contribution in [2.75, 3.05) is 13.1 Å². The summed E-state index contributed by atoms with van der Waals surface area (Å²) in [4.78, 5) is 11.8. The Balaban J connectivity index is 2.62. The number of hydrogen-bond acceptors (Lipinski definition) is 3. The van der Waals surface area contributed by atoms with Gasteiger partial charge in [0.2, 0.25) is 0 Å². The molecule has 1 atom stereocenters. The first-order chi connectivity index (χ1) is 7.58. The number of nitrogens with one attached hydrogen (secondary N) is 1. The van der Waals surface area contributed by atoms with Gasteiger partial charge in [-0.25, -0.2) is 0 Å². The summed E-state index contributed by atoms with van der Waals surface area (Å²) in [5.74, 6) is 0.206. The summed E-state index contributed by atoms with van der Waals surface area (Å²) in [5.41, 5.74) is 7.01. The Morgan fingerprint density at radius 2 is 2.38 bits per heavy atom. The highest BCUT2D eigenvalue weighted by molar-refractivity contribution is 5.92. The van der Waals surface area contributed by atoms with Crippen LogP contribution in [0.2, 0.25) is 0 Å². The number of rotatable bonds is 5. The van der Waals surface area contributed by atoms with E-state index in [4.69, 9.17) is 5.73 Å². The second-order valence-corrected chi connectivity index (χ2v) is 4.05. The number of nitrogens with two attached hydrogens (primary N) is 1. The largest absolute Gasteiger partial charge is 0.350 e. The number of nitrogens with zero attached hydrogens (tertiary/aromatic N) is 2. The first kappa shape index (κ1) is 12.7. The van der Waals surface area contributed by atoms with E-state index in [1.807, 2.05) is 19.9 Å². The van der Waals surface area contributed by atoms with E-state index in [-0.39, 0.29) is 5.91 Å². The Hall–Kier alpha value is -1.36. The van der Waals surface area contributed by atoms with E-state index in [0.29, 0.717) is 24.7 Å². The summed E-state index contributed by atoms with van der Waals surface area (Å²) < 4.78 is 1.61. The molecule has 90 valence electrons. The fraction of sp³-hybridized carbons (Fsp3) is 0.636. The van der Waals surface area contributed by atoms with Gasteiger partial charge in [-0.1, -0.05) is 13.8 Å². The van der Waals surface area contributed by atoms with Crippen molar-refractivity contribution in [3.63, 3.8) is 0 Å². The smallest absolute Gasteiger partial charge is 0.269 e. The van der Waals surface area contributed by atoms with Crippen molar-refractivity contribution < 1.29 is 4.79 Å². The van der Waals surface area contributed by atoms with Crippen LogP contribution in [0.3, 0.4) is 0 Å². The molecule has 1 aromatic heterocycles. The maximum absolute atomic E-state index is 11.8. The van der Waals surface area contributed by atoms with Crippen LogP contribution in [0.25, 0.3) is 0 Å². The van der Waals surface area contributed by atoms with Crippen molar-refractivity contribution in [3.8, 4) is 0 Å². The summed E-state index contributed by atoms with van der Waals surface area (Å²) in [6, 6.07) is 1.82. The van der Waals surface area contributed by atoms with Gasteiger partial charge in [0.05, 0.1) is 5.69 Å². The van der Waals surface area contributed by atoms with E-state index in [9.17, 15) is 4.79 Å². The number of carbonyl (C=O) groups excluding carboxylic acids is 1. The number of aromatic nitrogens is 2. The Morgan fingerprint density at radius 1 is 1.69 bits per heavy atom. The number of carbonyl (C=O) groups is 1. The minimum Gasteiger partial charge on any atom is -0.350 e. The molecule has 5 nitrogen and oxygen atoms in total. The third-order valence-corrected chi connectivity index (χ3v) is 2.54. The van der Waals surface area contributed by atoms with Crippen molar-refractivity contribution >= 4 is 5.91 Å². The Kier molecular flexibility index (Phi) is 4.49. The molecule has 0 fully saturated rings. The number of amides is 1. The fourth-order valence-corrected chi connectivity index (χ4v) is 1.35. The van der Waals surface area contributed by atoms with Gasteiger partial charge in [-0.2, -0.15) is 5.10 Å². The molecule has 16 heavy (non-hydrogen) atoms. The van der Waals surface area contributed by atoms with Gasteiger partial charge in [0, 0.05) is 13.6 Å². The third kappa shape index (κ3) is 3.06. The highest BCUT2D eigenvalue weighted by Crippen LogP contribution is 2.03. The second kappa shape index (κ2) is 5.65. The molecule has 1 amide bonds. The Bertz CT molecular complexity index is 359. The lowest BCUT2D eigenvalue weighted by molar-refractivity contribution is 0.0939. The molecule has 0 radical (unpaired) electrons. The first-order valence-corrected chi connectivity index (χ1v) is 5.59. The molecule has 0 bridgehead atoms. The van der Waals surface area contributed by atoms with E-state index in [1.54, 1.807) is 11.7 Å². The lowest BCUT2D eigenvalue weighted by Gasteiger charge is -2.09. The zero-order valence-corrected chi connectivity index (χ0v) is 10.2. The Morgan fingerprint density at radius 3 is 2.88 bits per heavy atom. The molecular weight excluding hydrogens is 204 g/mol. The van der Waals surface area contributed by atoms with Crippen LogP contribution in [0, 0.1) is 5.92 Å². The molecule has 0 aromatic carbocycles. The van der Waals surface area contributed by atoms with Crippen LogP contribution in [0.4, 0.5) is 0 Å². The predicted molar refractivity (Wildman–Crippen MR) is 63.1 cm³/mol. The van der Waals surface area contributed by atoms with Crippen LogP contribution in [-0.4, -0.2) is 28.8 Å².